The van der Waals surface area contributed by atoms with Crippen LogP contribution in [0.4, 0.5) is 0 Å². The van der Waals surface area contributed by atoms with Gasteiger partial charge < -0.3 is 0 Å². The van der Waals surface area contributed by atoms with Crippen molar-refractivity contribution in [3.05, 3.63) is 36.2 Å². The monoisotopic (exact) mass is 202 g/mol. The number of aromatic nitrogens is 2. The maximum Gasteiger partial charge on any atom is 0.0890 e. The Balaban J connectivity index is 0.00000112. The van der Waals surface area contributed by atoms with Gasteiger partial charge in [-0.05, 0) is 12.1 Å². The molecular weight excluding hydrogens is 184 g/mol. The van der Waals surface area contributed by atoms with E-state index in [0.717, 1.165) is 16.7 Å². The Morgan fingerprint density at radius 1 is 1.00 bits per heavy atom. The lowest BCUT2D eigenvalue weighted by Crippen LogP contribution is -2.13. The highest BCUT2D eigenvalue weighted by molar-refractivity contribution is 5.73. The zero-order valence-corrected chi connectivity index (χ0v) is 8.78. The van der Waals surface area contributed by atoms with Crippen molar-refractivity contribution in [2.45, 2.75) is 33.6 Å². The van der Waals surface area contributed by atoms with Crippen LogP contribution < -0.4 is 0 Å². The molecule has 0 bridgehead atoms. The van der Waals surface area contributed by atoms with Crippen molar-refractivity contribution in [3.8, 4) is 0 Å². The van der Waals surface area contributed by atoms with Gasteiger partial charge in [-0.1, -0.05) is 40.3 Å². The summed E-state index contributed by atoms with van der Waals surface area (Å²) in [6.07, 6.45) is 1.86. The molecule has 2 rings (SSSR count). The quantitative estimate of drug-likeness (QED) is 0.652. The molecule has 0 unspecified atom stereocenters. The van der Waals surface area contributed by atoms with E-state index in [0.29, 0.717) is 0 Å². The predicted octanol–water partition coefficient (Wildman–Crippen LogP) is 3.56. The Hall–Kier alpha value is -1.44. The molecule has 0 spiro atoms. The second kappa shape index (κ2) is 3.97. The Morgan fingerprint density at radius 3 is 2.20 bits per heavy atom. The number of rotatable bonds is 0. The third-order valence-corrected chi connectivity index (χ3v) is 2.22. The molecule has 2 heteroatoms. The number of para-hydroxylation sites is 2. The average Bonchev–Trinajstić information content (AvgIpc) is 2.16. The number of fused-ring (bicyclic) bond motifs is 1. The Morgan fingerprint density at radius 2 is 1.60 bits per heavy atom. The van der Waals surface area contributed by atoms with Gasteiger partial charge in [-0.3, -0.25) is 4.98 Å². The second-order valence-corrected chi connectivity index (χ2v) is 4.49. The molecule has 2 aromatic rings. The van der Waals surface area contributed by atoms with E-state index < -0.39 is 0 Å². The van der Waals surface area contributed by atoms with Gasteiger partial charge in [0.15, 0.2) is 0 Å². The first kappa shape index (κ1) is 11.6. The Bertz CT molecular complexity index is 455. The van der Waals surface area contributed by atoms with Gasteiger partial charge in [-0.2, -0.15) is 0 Å². The highest BCUT2D eigenvalue weighted by Gasteiger charge is 2.15. The lowest BCUT2D eigenvalue weighted by molar-refractivity contribution is 0.568. The second-order valence-electron chi connectivity index (χ2n) is 4.49. The van der Waals surface area contributed by atoms with Crippen LogP contribution >= 0.6 is 0 Å². The van der Waals surface area contributed by atoms with Crippen LogP contribution in [-0.4, -0.2) is 9.97 Å². The topological polar surface area (TPSA) is 25.8 Å². The summed E-state index contributed by atoms with van der Waals surface area (Å²) in [6, 6.07) is 7.95. The molecule has 0 atom stereocenters. The van der Waals surface area contributed by atoms with E-state index in [1.165, 1.54) is 0 Å². The Kier molecular flexibility index (Phi) is 3.08. The van der Waals surface area contributed by atoms with Crippen LogP contribution in [0, 0.1) is 0 Å². The predicted molar refractivity (Wildman–Crippen MR) is 65.0 cm³/mol. The van der Waals surface area contributed by atoms with Crippen molar-refractivity contribution in [1.82, 2.24) is 9.97 Å². The molecule has 1 aromatic carbocycles. The summed E-state index contributed by atoms with van der Waals surface area (Å²) < 4.78 is 0. The summed E-state index contributed by atoms with van der Waals surface area (Å²) in [7, 11) is 0. The first-order valence-electron chi connectivity index (χ1n) is 4.80. The zero-order chi connectivity index (χ0) is 10.2. The largest absolute Gasteiger partial charge is 0.253 e. The summed E-state index contributed by atoms with van der Waals surface area (Å²) in [6.45, 7) is 6.43. The molecule has 1 aromatic heterocycles. The molecule has 2 nitrogen and oxygen atoms in total. The lowest BCUT2D eigenvalue weighted by Gasteiger charge is -2.17. The van der Waals surface area contributed by atoms with Gasteiger partial charge in [0.2, 0.25) is 0 Å². The lowest BCUT2D eigenvalue weighted by atomic mass is 9.92. The average molecular weight is 202 g/mol. The van der Waals surface area contributed by atoms with Crippen LogP contribution in [0.1, 0.15) is 33.9 Å². The molecule has 0 N–H and O–H groups in total. The smallest absolute Gasteiger partial charge is 0.0890 e. The van der Waals surface area contributed by atoms with E-state index in [4.69, 9.17) is 0 Å². The van der Waals surface area contributed by atoms with E-state index in [2.05, 4.69) is 30.7 Å². The van der Waals surface area contributed by atoms with Gasteiger partial charge in [-0.25, -0.2) is 4.98 Å². The van der Waals surface area contributed by atoms with Crippen LogP contribution in [0.3, 0.4) is 0 Å². The number of nitrogens with zero attached hydrogens (tertiary/aromatic N) is 2. The van der Waals surface area contributed by atoms with Crippen LogP contribution in [0.15, 0.2) is 30.5 Å². The minimum absolute atomic E-state index is 0. The molecule has 80 valence electrons. The molecule has 0 aliphatic carbocycles. The SMILES string of the molecule is C.CC(C)(C)c1cnc2ccccc2n1. The van der Waals surface area contributed by atoms with Crippen LogP contribution in [0.25, 0.3) is 11.0 Å². The van der Waals surface area contributed by atoms with Gasteiger partial charge in [0.05, 0.1) is 16.7 Å². The van der Waals surface area contributed by atoms with Gasteiger partial charge in [-0.15, -0.1) is 0 Å². The summed E-state index contributed by atoms with van der Waals surface area (Å²) in [4.78, 5) is 8.97. The van der Waals surface area contributed by atoms with Crippen LogP contribution in [0.5, 0.6) is 0 Å². The first-order valence-corrected chi connectivity index (χ1v) is 4.80. The molecular formula is C13H18N2. The van der Waals surface area contributed by atoms with E-state index in [1.54, 1.807) is 0 Å². The fourth-order valence-corrected chi connectivity index (χ4v) is 1.32. The van der Waals surface area contributed by atoms with E-state index >= 15 is 0 Å². The normalized spacial score (nSPS) is 11.1. The van der Waals surface area contributed by atoms with E-state index in [9.17, 15) is 0 Å². The maximum atomic E-state index is 4.58. The van der Waals surface area contributed by atoms with E-state index in [-0.39, 0.29) is 12.8 Å². The molecule has 0 amide bonds. The van der Waals surface area contributed by atoms with Gasteiger partial charge in [0.1, 0.15) is 0 Å². The number of benzene rings is 1. The van der Waals surface area contributed by atoms with Crippen molar-refractivity contribution < 1.29 is 0 Å². The number of hydrogen-bond acceptors (Lipinski definition) is 2. The van der Waals surface area contributed by atoms with Crippen molar-refractivity contribution >= 4 is 11.0 Å². The standard InChI is InChI=1S/C12H14N2.CH4/c1-12(2,3)11-8-13-9-6-4-5-7-10(9)14-11;/h4-8H,1-3H3;1H4. The van der Waals surface area contributed by atoms with Gasteiger partial charge in [0.25, 0.3) is 0 Å². The maximum absolute atomic E-state index is 4.58. The molecule has 0 radical (unpaired) electrons. The number of hydrogen-bond donors (Lipinski definition) is 0. The molecule has 0 fully saturated rings. The van der Waals surface area contributed by atoms with Crippen molar-refractivity contribution in [1.29, 1.82) is 0 Å². The summed E-state index contributed by atoms with van der Waals surface area (Å²) in [5, 5.41) is 0. The zero-order valence-electron chi connectivity index (χ0n) is 8.78. The van der Waals surface area contributed by atoms with Gasteiger partial charge in [0, 0.05) is 11.6 Å². The first-order chi connectivity index (χ1) is 6.57. The third-order valence-electron chi connectivity index (χ3n) is 2.22. The van der Waals surface area contributed by atoms with Crippen LogP contribution in [-0.2, 0) is 5.41 Å². The highest BCUT2D eigenvalue weighted by atomic mass is 14.8. The molecule has 15 heavy (non-hydrogen) atoms. The van der Waals surface area contributed by atoms with Crippen LogP contribution in [0.2, 0.25) is 0 Å². The summed E-state index contributed by atoms with van der Waals surface area (Å²) in [5.41, 5.74) is 3.04. The minimum atomic E-state index is 0. The van der Waals surface area contributed by atoms with E-state index in [1.807, 2.05) is 30.5 Å². The molecule has 0 aliphatic rings. The fourth-order valence-electron chi connectivity index (χ4n) is 1.32. The minimum Gasteiger partial charge on any atom is -0.253 e. The molecule has 0 aliphatic heterocycles. The summed E-state index contributed by atoms with van der Waals surface area (Å²) in [5.74, 6) is 0. The summed E-state index contributed by atoms with van der Waals surface area (Å²) >= 11 is 0. The van der Waals surface area contributed by atoms with Crippen molar-refractivity contribution in [2.75, 3.05) is 0 Å². The highest BCUT2D eigenvalue weighted by Crippen LogP contribution is 2.20. The third kappa shape index (κ3) is 2.32. The molecule has 0 saturated heterocycles. The van der Waals surface area contributed by atoms with Crippen molar-refractivity contribution in [2.24, 2.45) is 0 Å². The Labute approximate surface area is 91.4 Å². The molecule has 0 saturated carbocycles. The fraction of sp³-hybridized carbons (Fsp3) is 0.385. The molecule has 1 heterocycles. The van der Waals surface area contributed by atoms with Crippen molar-refractivity contribution in [3.63, 3.8) is 0 Å². The van der Waals surface area contributed by atoms with Gasteiger partial charge >= 0.3 is 0 Å².